The third-order valence-electron chi connectivity index (χ3n) is 3.31. The van der Waals surface area contributed by atoms with Gasteiger partial charge in [0.05, 0.1) is 6.54 Å². The molecule has 2 N–H and O–H groups in total. The zero-order valence-electron chi connectivity index (χ0n) is 15.8. The van der Waals surface area contributed by atoms with Gasteiger partial charge in [0.2, 0.25) is 5.91 Å². The van der Waals surface area contributed by atoms with Gasteiger partial charge in [-0.05, 0) is 38.5 Å². The third kappa shape index (κ3) is 8.64. The molecule has 1 rings (SSSR count). The van der Waals surface area contributed by atoms with E-state index in [1.807, 2.05) is 32.7 Å². The summed E-state index contributed by atoms with van der Waals surface area (Å²) in [6, 6.07) is 6.59. The quantitative estimate of drug-likeness (QED) is 0.518. The first-order valence-electron chi connectivity index (χ1n) is 8.64. The van der Waals surface area contributed by atoms with Gasteiger partial charge in [0, 0.05) is 32.6 Å². The second-order valence-corrected chi connectivity index (χ2v) is 6.09. The van der Waals surface area contributed by atoms with E-state index < -0.39 is 6.61 Å². The van der Waals surface area contributed by atoms with Crippen LogP contribution in [0.3, 0.4) is 0 Å². The number of carbonyl (C=O) groups is 1. The van der Waals surface area contributed by atoms with E-state index in [1.165, 1.54) is 12.1 Å². The van der Waals surface area contributed by atoms with E-state index in [4.69, 9.17) is 0 Å². The molecule has 0 saturated heterocycles. The molecule has 0 bridgehead atoms. The van der Waals surface area contributed by atoms with E-state index in [9.17, 15) is 13.6 Å². The van der Waals surface area contributed by atoms with Crippen LogP contribution in [0.15, 0.2) is 29.3 Å². The van der Waals surface area contributed by atoms with Crippen LogP contribution in [0, 0.1) is 0 Å². The Bertz CT molecular complexity index is 577. The summed E-state index contributed by atoms with van der Waals surface area (Å²) in [5.41, 5.74) is 0.928. The van der Waals surface area contributed by atoms with Crippen molar-refractivity contribution in [3.8, 4) is 5.75 Å². The number of hydrogen-bond acceptors (Lipinski definition) is 3. The molecule has 0 heterocycles. The molecule has 26 heavy (non-hydrogen) atoms. The van der Waals surface area contributed by atoms with E-state index >= 15 is 0 Å². The highest BCUT2D eigenvalue weighted by Crippen LogP contribution is 2.15. The fraction of sp³-hybridized carbons (Fsp3) is 0.556. The average Bonchev–Trinajstić information content (AvgIpc) is 2.54. The van der Waals surface area contributed by atoms with Crippen LogP contribution in [0.5, 0.6) is 5.75 Å². The van der Waals surface area contributed by atoms with E-state index in [0.717, 1.165) is 5.56 Å². The lowest BCUT2D eigenvalue weighted by Crippen LogP contribution is -2.38. The van der Waals surface area contributed by atoms with Crippen molar-refractivity contribution in [3.63, 3.8) is 0 Å². The lowest BCUT2D eigenvalue weighted by atomic mass is 10.2. The smallest absolute Gasteiger partial charge is 0.387 e. The predicted octanol–water partition coefficient (Wildman–Crippen LogP) is 2.60. The molecule has 6 nitrogen and oxygen atoms in total. The average molecular weight is 370 g/mol. The lowest BCUT2D eigenvalue weighted by Gasteiger charge is -2.22. The first-order valence-corrected chi connectivity index (χ1v) is 8.64. The maximum absolute atomic E-state index is 12.2. The molecule has 0 fully saturated rings. The van der Waals surface area contributed by atoms with E-state index in [2.05, 4.69) is 20.4 Å². The minimum atomic E-state index is -2.83. The highest BCUT2D eigenvalue weighted by atomic mass is 19.3. The monoisotopic (exact) mass is 370 g/mol. The summed E-state index contributed by atoms with van der Waals surface area (Å²) in [4.78, 5) is 18.1. The first-order chi connectivity index (χ1) is 12.3. The van der Waals surface area contributed by atoms with Crippen molar-refractivity contribution in [2.75, 3.05) is 20.1 Å². The van der Waals surface area contributed by atoms with Crippen LogP contribution in [-0.2, 0) is 11.3 Å². The number of ether oxygens (including phenoxy) is 1. The summed E-state index contributed by atoms with van der Waals surface area (Å²) < 4.78 is 28.7. The maximum Gasteiger partial charge on any atom is 0.387 e. The second-order valence-electron chi connectivity index (χ2n) is 6.09. The number of nitrogens with one attached hydrogen (secondary N) is 2. The molecular weight excluding hydrogens is 342 g/mol. The predicted molar refractivity (Wildman–Crippen MR) is 98.4 cm³/mol. The molecule has 1 aromatic rings. The Morgan fingerprint density at radius 2 is 1.92 bits per heavy atom. The zero-order chi connectivity index (χ0) is 19.5. The van der Waals surface area contributed by atoms with Gasteiger partial charge in [-0.2, -0.15) is 8.78 Å². The molecule has 0 unspecified atom stereocenters. The third-order valence-corrected chi connectivity index (χ3v) is 3.31. The number of alkyl halides is 2. The first kappa shape index (κ1) is 21.7. The summed E-state index contributed by atoms with van der Waals surface area (Å²) in [5, 5.41) is 6.00. The number of amides is 1. The van der Waals surface area contributed by atoms with Gasteiger partial charge in [0.25, 0.3) is 0 Å². The number of halogens is 2. The highest BCUT2D eigenvalue weighted by molar-refractivity contribution is 5.80. The Morgan fingerprint density at radius 1 is 1.27 bits per heavy atom. The Morgan fingerprint density at radius 3 is 2.46 bits per heavy atom. The zero-order valence-corrected chi connectivity index (χ0v) is 15.8. The molecular formula is C18H28F2N4O2. The highest BCUT2D eigenvalue weighted by Gasteiger charge is 2.09. The van der Waals surface area contributed by atoms with Gasteiger partial charge in [-0.1, -0.05) is 12.1 Å². The lowest BCUT2D eigenvalue weighted by molar-refractivity contribution is -0.121. The number of aliphatic imine (C=N–C) groups is 1. The summed E-state index contributed by atoms with van der Waals surface area (Å²) in [6.07, 6.45) is 0.320. The topological polar surface area (TPSA) is 66.0 Å². The molecule has 0 aliphatic carbocycles. The second kappa shape index (κ2) is 11.3. The minimum Gasteiger partial charge on any atom is -0.435 e. The molecule has 0 aliphatic rings. The van der Waals surface area contributed by atoms with Crippen LogP contribution < -0.4 is 15.4 Å². The molecule has 0 atom stereocenters. The van der Waals surface area contributed by atoms with Crippen molar-refractivity contribution >= 4 is 11.9 Å². The van der Waals surface area contributed by atoms with Crippen molar-refractivity contribution in [2.24, 2.45) is 4.99 Å². The number of carbonyl (C=O) groups excluding carboxylic acids is 1. The molecule has 0 radical (unpaired) electrons. The summed E-state index contributed by atoms with van der Waals surface area (Å²) in [5.74, 6) is 0.776. The Balaban J connectivity index is 2.62. The summed E-state index contributed by atoms with van der Waals surface area (Å²) in [6.45, 7) is 4.58. The summed E-state index contributed by atoms with van der Waals surface area (Å²) >= 11 is 0. The van der Waals surface area contributed by atoms with E-state index in [1.54, 1.807) is 12.1 Å². The molecule has 0 spiro atoms. The van der Waals surface area contributed by atoms with E-state index in [0.29, 0.717) is 32.0 Å². The van der Waals surface area contributed by atoms with Crippen molar-refractivity contribution in [2.45, 2.75) is 46.4 Å². The molecule has 0 aromatic heterocycles. The van der Waals surface area contributed by atoms with Crippen LogP contribution in [0.25, 0.3) is 0 Å². The van der Waals surface area contributed by atoms with Gasteiger partial charge in [0.1, 0.15) is 5.75 Å². The fourth-order valence-electron chi connectivity index (χ4n) is 2.25. The number of rotatable bonds is 9. The van der Waals surface area contributed by atoms with Gasteiger partial charge in [0.15, 0.2) is 5.96 Å². The molecule has 146 valence electrons. The largest absolute Gasteiger partial charge is 0.435 e. The molecule has 8 heteroatoms. The van der Waals surface area contributed by atoms with Crippen molar-refractivity contribution in [1.29, 1.82) is 0 Å². The van der Waals surface area contributed by atoms with E-state index in [-0.39, 0.29) is 17.7 Å². The van der Waals surface area contributed by atoms with Crippen LogP contribution in [0.1, 0.15) is 32.8 Å². The van der Waals surface area contributed by atoms with Crippen LogP contribution in [0.2, 0.25) is 0 Å². The van der Waals surface area contributed by atoms with Crippen molar-refractivity contribution in [1.82, 2.24) is 15.5 Å². The number of benzene rings is 1. The van der Waals surface area contributed by atoms with Crippen LogP contribution in [-0.4, -0.2) is 49.6 Å². The SMILES string of the molecule is CCNC(=NCCC(=O)NC(C)C)N(C)Cc1ccc(OC(F)F)cc1. The van der Waals surface area contributed by atoms with Crippen LogP contribution in [0.4, 0.5) is 8.78 Å². The fourth-order valence-corrected chi connectivity index (χ4v) is 2.25. The minimum absolute atomic E-state index is 0.0307. The Hall–Kier alpha value is -2.38. The number of hydrogen-bond donors (Lipinski definition) is 2. The van der Waals surface area contributed by atoms with Gasteiger partial charge in [-0.15, -0.1) is 0 Å². The van der Waals surface area contributed by atoms with Gasteiger partial charge >= 0.3 is 6.61 Å². The molecule has 1 amide bonds. The molecule has 0 saturated carbocycles. The molecule has 0 aliphatic heterocycles. The number of guanidine groups is 1. The molecule has 1 aromatic carbocycles. The Labute approximate surface area is 153 Å². The Kier molecular flexibility index (Phi) is 9.40. The maximum atomic E-state index is 12.2. The van der Waals surface area contributed by atoms with Crippen molar-refractivity contribution < 1.29 is 18.3 Å². The summed E-state index contributed by atoms with van der Waals surface area (Å²) in [7, 11) is 1.87. The van der Waals surface area contributed by atoms with Crippen molar-refractivity contribution in [3.05, 3.63) is 29.8 Å². The number of nitrogens with zero attached hydrogens (tertiary/aromatic N) is 2. The standard InChI is InChI=1S/C18H28F2N4O2/c1-5-21-18(22-11-10-16(25)23-13(2)3)24(4)12-14-6-8-15(9-7-14)26-17(19)20/h6-9,13,17H,5,10-12H2,1-4H3,(H,21,22)(H,23,25). The van der Waals surface area contributed by atoms with Gasteiger partial charge in [-0.3, -0.25) is 9.79 Å². The van der Waals surface area contributed by atoms with Crippen LogP contribution >= 0.6 is 0 Å². The normalized spacial score (nSPS) is 11.6. The van der Waals surface area contributed by atoms with Gasteiger partial charge < -0.3 is 20.3 Å². The van der Waals surface area contributed by atoms with Gasteiger partial charge in [-0.25, -0.2) is 0 Å².